The van der Waals surface area contributed by atoms with E-state index >= 15 is 0 Å². The highest BCUT2D eigenvalue weighted by Gasteiger charge is 2.20. The molecule has 4 nitrogen and oxygen atoms in total. The van der Waals surface area contributed by atoms with E-state index in [1.807, 2.05) is 36.4 Å². The highest BCUT2D eigenvalue weighted by molar-refractivity contribution is 6.36. The van der Waals surface area contributed by atoms with Gasteiger partial charge in [-0.05, 0) is 123 Å². The van der Waals surface area contributed by atoms with Crippen molar-refractivity contribution in [1.82, 2.24) is 19.9 Å². The van der Waals surface area contributed by atoms with E-state index in [9.17, 15) is 0 Å². The van der Waals surface area contributed by atoms with Crippen LogP contribution in [0.3, 0.4) is 0 Å². The van der Waals surface area contributed by atoms with Gasteiger partial charge in [-0.2, -0.15) is 0 Å². The fourth-order valence-corrected chi connectivity index (χ4v) is 7.24. The van der Waals surface area contributed by atoms with Gasteiger partial charge in [-0.1, -0.05) is 58.6 Å². The number of halogens is 2. The van der Waals surface area contributed by atoms with Crippen LogP contribution in [-0.2, 0) is 0 Å². The van der Waals surface area contributed by atoms with Crippen molar-refractivity contribution >= 4 is 69.6 Å². The number of nitrogens with one attached hydrogen (secondary N) is 2. The van der Waals surface area contributed by atoms with Crippen molar-refractivity contribution in [3.8, 4) is 22.3 Å². The normalized spacial score (nSPS) is 12.4. The first-order chi connectivity index (χ1) is 21.1. The Labute approximate surface area is 267 Å². The number of hydrogen-bond donors (Lipinski definition) is 2. The molecule has 8 bridgehead atoms. The summed E-state index contributed by atoms with van der Waals surface area (Å²) >= 11 is 14.2. The van der Waals surface area contributed by atoms with E-state index in [0.29, 0.717) is 21.4 Å². The zero-order valence-electron chi connectivity index (χ0n) is 25.6. The number of aryl methyl sites for hydroxylation is 6. The standard InChI is InChI=1S/C38H32Cl2N4/c1-19-15-21(3)33(22(4)16-19)35-25-7-11-29(41-25)37(39)31-13-9-27(43-31)36(34-23(5)17-20(2)18-24(34)6)28-10-14-32(44-28)38(40)30-12-8-26(35)42-30/h7-18,41-42H,1-6H3. The number of nitrogens with zero attached hydrogens (tertiary/aromatic N) is 2. The number of benzene rings is 2. The van der Waals surface area contributed by atoms with Gasteiger partial charge in [0.15, 0.2) is 0 Å². The number of rotatable bonds is 2. The second-order valence-electron chi connectivity index (χ2n) is 11.9. The van der Waals surface area contributed by atoms with Gasteiger partial charge in [0.2, 0.25) is 0 Å². The number of fused-ring (bicyclic) bond motifs is 8. The molecule has 3 aromatic heterocycles. The molecular formula is C38H32Cl2N4. The summed E-state index contributed by atoms with van der Waals surface area (Å²) in [5.41, 5.74) is 18.0. The molecule has 0 saturated heterocycles. The molecule has 2 aliphatic heterocycles. The van der Waals surface area contributed by atoms with Crippen LogP contribution in [0.5, 0.6) is 0 Å². The van der Waals surface area contributed by atoms with Crippen LogP contribution in [0, 0.1) is 41.5 Å². The van der Waals surface area contributed by atoms with Gasteiger partial charge < -0.3 is 9.97 Å². The highest BCUT2D eigenvalue weighted by atomic mass is 35.5. The molecule has 0 radical (unpaired) electrons. The summed E-state index contributed by atoms with van der Waals surface area (Å²) in [5, 5.41) is 1.12. The van der Waals surface area contributed by atoms with Gasteiger partial charge in [0.25, 0.3) is 0 Å². The minimum Gasteiger partial charge on any atom is -0.354 e. The molecule has 0 atom stereocenters. The van der Waals surface area contributed by atoms with Crippen LogP contribution in [0.4, 0.5) is 0 Å². The Bertz CT molecular complexity index is 2120. The number of aromatic amines is 2. The van der Waals surface area contributed by atoms with E-state index in [1.165, 1.54) is 33.4 Å². The molecule has 0 unspecified atom stereocenters. The van der Waals surface area contributed by atoms with Gasteiger partial charge in [0.05, 0.1) is 43.9 Å². The third-order valence-electron chi connectivity index (χ3n) is 8.48. The Balaban J connectivity index is 1.65. The molecule has 2 N–H and O–H groups in total. The molecular weight excluding hydrogens is 583 g/mol. The quantitative estimate of drug-likeness (QED) is 0.203. The van der Waals surface area contributed by atoms with Gasteiger partial charge >= 0.3 is 0 Å². The first-order valence-electron chi connectivity index (χ1n) is 14.7. The van der Waals surface area contributed by atoms with Crippen LogP contribution in [0.2, 0.25) is 10.0 Å². The monoisotopic (exact) mass is 614 g/mol. The van der Waals surface area contributed by atoms with Crippen LogP contribution >= 0.6 is 23.2 Å². The zero-order chi connectivity index (χ0) is 30.9. The summed E-state index contributed by atoms with van der Waals surface area (Å²) in [6.45, 7) is 12.8. The third-order valence-corrected chi connectivity index (χ3v) is 9.27. The molecule has 6 heteroatoms. The van der Waals surface area contributed by atoms with Crippen LogP contribution in [0.15, 0.2) is 48.5 Å². The summed E-state index contributed by atoms with van der Waals surface area (Å²) in [6.07, 6.45) is 8.02. The van der Waals surface area contributed by atoms with Gasteiger partial charge in [-0.15, -0.1) is 0 Å². The van der Waals surface area contributed by atoms with E-state index in [1.54, 1.807) is 0 Å². The number of hydrogen-bond acceptors (Lipinski definition) is 2. The zero-order valence-corrected chi connectivity index (χ0v) is 27.1. The lowest BCUT2D eigenvalue weighted by atomic mass is 9.92. The molecule has 0 saturated carbocycles. The smallest absolute Gasteiger partial charge is 0.0897 e. The van der Waals surface area contributed by atoms with Crippen molar-refractivity contribution < 1.29 is 0 Å². The predicted molar refractivity (Wildman–Crippen MR) is 188 cm³/mol. The average molecular weight is 616 g/mol. The van der Waals surface area contributed by atoms with Crippen molar-refractivity contribution in [2.24, 2.45) is 0 Å². The lowest BCUT2D eigenvalue weighted by Gasteiger charge is -2.13. The first-order valence-corrected chi connectivity index (χ1v) is 15.5. The van der Waals surface area contributed by atoms with E-state index in [-0.39, 0.29) is 0 Å². The summed E-state index contributed by atoms with van der Waals surface area (Å²) in [7, 11) is 0. The first kappa shape index (κ1) is 28.4. The Kier molecular flexibility index (Phi) is 6.88. The fourth-order valence-electron chi connectivity index (χ4n) is 6.81. The SMILES string of the molecule is Cc1cc(C)c(-c2c3nc(c(Cl)c4ccc([nH]4)c(-c4c(C)cc(C)cc4C)c4ccc([nH]4)c(Cl)c4nc2C=C4)C=C3)c(C)c1. The Morgan fingerprint density at radius 3 is 1.18 bits per heavy atom. The maximum atomic E-state index is 7.09. The van der Waals surface area contributed by atoms with Crippen molar-refractivity contribution in [2.45, 2.75) is 41.5 Å². The minimum absolute atomic E-state index is 0.558. The molecule has 0 spiro atoms. The molecule has 0 amide bonds. The lowest BCUT2D eigenvalue weighted by molar-refractivity contribution is 1.25. The van der Waals surface area contributed by atoms with E-state index in [4.69, 9.17) is 33.2 Å². The Hall–Kier alpha value is -4.38. The highest BCUT2D eigenvalue weighted by Crippen LogP contribution is 2.39. The number of aromatic nitrogens is 4. The van der Waals surface area contributed by atoms with Crippen LogP contribution in [0.1, 0.15) is 56.2 Å². The average Bonchev–Trinajstić information content (AvgIpc) is 3.78. The van der Waals surface area contributed by atoms with E-state index in [2.05, 4.69) is 87.9 Å². The van der Waals surface area contributed by atoms with E-state index < -0.39 is 0 Å². The molecule has 44 heavy (non-hydrogen) atoms. The van der Waals surface area contributed by atoms with Crippen molar-refractivity contribution in [1.29, 1.82) is 0 Å². The molecule has 0 fully saturated rings. The van der Waals surface area contributed by atoms with Gasteiger partial charge in [0, 0.05) is 22.2 Å². The minimum atomic E-state index is 0.558. The van der Waals surface area contributed by atoms with Crippen molar-refractivity contribution in [3.05, 3.63) is 115 Å². The molecule has 7 rings (SSSR count). The van der Waals surface area contributed by atoms with Crippen LogP contribution in [-0.4, -0.2) is 19.9 Å². The lowest BCUT2D eigenvalue weighted by Crippen LogP contribution is -1.95. The van der Waals surface area contributed by atoms with Gasteiger partial charge in [-0.25, -0.2) is 9.97 Å². The summed E-state index contributed by atoms with van der Waals surface area (Å²) in [5.74, 6) is 0. The summed E-state index contributed by atoms with van der Waals surface area (Å²) < 4.78 is 0. The molecule has 5 aromatic rings. The van der Waals surface area contributed by atoms with Crippen LogP contribution < -0.4 is 0 Å². The Morgan fingerprint density at radius 1 is 0.432 bits per heavy atom. The maximum absolute atomic E-state index is 7.09. The topological polar surface area (TPSA) is 57.4 Å². The molecule has 2 aromatic carbocycles. The summed E-state index contributed by atoms with van der Waals surface area (Å²) in [4.78, 5) is 17.4. The van der Waals surface area contributed by atoms with Gasteiger partial charge in [0.1, 0.15) is 0 Å². The maximum Gasteiger partial charge on any atom is 0.0897 e. The van der Waals surface area contributed by atoms with Crippen molar-refractivity contribution in [3.63, 3.8) is 0 Å². The third kappa shape index (κ3) is 4.70. The second kappa shape index (κ2) is 10.7. The van der Waals surface area contributed by atoms with Crippen molar-refractivity contribution in [2.75, 3.05) is 0 Å². The molecule has 5 heterocycles. The van der Waals surface area contributed by atoms with Gasteiger partial charge in [-0.3, -0.25) is 0 Å². The molecule has 218 valence electrons. The second-order valence-corrected chi connectivity index (χ2v) is 12.7. The Morgan fingerprint density at radius 2 is 0.773 bits per heavy atom. The largest absolute Gasteiger partial charge is 0.354 e. The summed E-state index contributed by atoms with van der Waals surface area (Å²) in [6, 6.07) is 17.1. The molecule has 0 aliphatic carbocycles. The number of H-pyrrole nitrogens is 2. The molecule has 2 aliphatic rings. The fraction of sp³-hybridized carbons (Fsp3) is 0.158. The van der Waals surface area contributed by atoms with Crippen LogP contribution in [0.25, 0.3) is 68.6 Å². The predicted octanol–water partition coefficient (Wildman–Crippen LogP) is 11.1. The van der Waals surface area contributed by atoms with E-state index in [0.717, 1.165) is 55.7 Å².